The number of carbonyl (C=O) groups is 2. The zero-order chi connectivity index (χ0) is 32.3. The third-order valence-electron chi connectivity index (χ3n) is 12.1. The molecule has 0 radical (unpaired) electrons. The van der Waals surface area contributed by atoms with Gasteiger partial charge in [-0.3, -0.25) is 0 Å². The van der Waals surface area contributed by atoms with Crippen LogP contribution >= 0.6 is 0 Å². The van der Waals surface area contributed by atoms with Gasteiger partial charge in [0.2, 0.25) is 0 Å². The molecule has 240 valence electrons. The second kappa shape index (κ2) is 11.2. The van der Waals surface area contributed by atoms with Crippen molar-refractivity contribution in [3.05, 3.63) is 89.5 Å². The summed E-state index contributed by atoms with van der Waals surface area (Å²) >= 11 is 0. The lowest BCUT2D eigenvalue weighted by molar-refractivity contribution is -0.324. The molecule has 3 fully saturated rings. The van der Waals surface area contributed by atoms with Gasteiger partial charge in [0, 0.05) is 12.0 Å². The van der Waals surface area contributed by atoms with Gasteiger partial charge in [-0.05, 0) is 81.1 Å². The van der Waals surface area contributed by atoms with Gasteiger partial charge >= 0.3 is 11.9 Å². The van der Waals surface area contributed by atoms with Crippen LogP contribution in [0.1, 0.15) is 81.6 Å². The Hall–Kier alpha value is -3.30. The van der Waals surface area contributed by atoms with Crippen LogP contribution in [0.2, 0.25) is 0 Å². The lowest BCUT2D eigenvalue weighted by Crippen LogP contribution is -2.78. The minimum absolute atomic E-state index is 0.00993. The molecule has 0 spiro atoms. The van der Waals surface area contributed by atoms with Gasteiger partial charge in [0.05, 0.1) is 17.1 Å². The molecule has 0 saturated heterocycles. The molecule has 0 aliphatic heterocycles. The molecule has 9 atom stereocenters. The summed E-state index contributed by atoms with van der Waals surface area (Å²) in [7, 11) is 0. The number of hydrogen-bond donors (Lipinski definition) is 4. The number of hydrogen-bond acceptors (Lipinski definition) is 8. The van der Waals surface area contributed by atoms with E-state index in [4.69, 9.17) is 9.47 Å². The van der Waals surface area contributed by atoms with E-state index in [0.29, 0.717) is 24.8 Å². The smallest absolute Gasteiger partial charge is 0.338 e. The van der Waals surface area contributed by atoms with Crippen LogP contribution in [0.25, 0.3) is 6.08 Å². The van der Waals surface area contributed by atoms with Crippen molar-refractivity contribution < 1.29 is 39.5 Å². The SMILES string of the molecule is CC(OC(=O)/C=C/c1ccccc1)[C@]1(O)CC[C@@]2(O)[C@]1(C)C(OC(=O)c1ccccc1)C[C@@H]1[C@@]3(C)CC[C@H](O)CC3=CC[C@]12O. The van der Waals surface area contributed by atoms with Gasteiger partial charge in [-0.25, -0.2) is 9.59 Å². The van der Waals surface area contributed by atoms with Crippen LogP contribution in [0, 0.1) is 16.7 Å². The van der Waals surface area contributed by atoms with Crippen LogP contribution in [0.4, 0.5) is 0 Å². The van der Waals surface area contributed by atoms with Gasteiger partial charge < -0.3 is 29.9 Å². The minimum atomic E-state index is -1.90. The standard InChI is InChI=1S/C37H44O8/c1-24(44-31(39)15-14-25-10-6-4-7-11-25)35(41)20-21-37(43)34(35,3)30(45-32(40)26-12-8-5-9-13-26)23-29-33(2)18-17-28(38)22-27(33)16-19-36(29,37)42/h4-16,24,28-30,38,41-43H,17-23H2,1-3H3/b15-14+/t24?,28-,29+,30?,33-,34+,35+,36-,37+/m0/s1. The fourth-order valence-corrected chi connectivity index (χ4v) is 9.30. The molecule has 8 heteroatoms. The van der Waals surface area contributed by atoms with E-state index in [1.165, 1.54) is 6.08 Å². The van der Waals surface area contributed by atoms with Crippen molar-refractivity contribution in [3.8, 4) is 0 Å². The Bertz CT molecular complexity index is 1500. The van der Waals surface area contributed by atoms with E-state index in [-0.39, 0.29) is 25.7 Å². The van der Waals surface area contributed by atoms with Crippen molar-refractivity contribution in [2.45, 2.75) is 101 Å². The quantitative estimate of drug-likeness (QED) is 0.208. The van der Waals surface area contributed by atoms with Crippen LogP contribution in [-0.2, 0) is 14.3 Å². The summed E-state index contributed by atoms with van der Waals surface area (Å²) in [5.74, 6) is -1.78. The summed E-state index contributed by atoms with van der Waals surface area (Å²) < 4.78 is 12.1. The second-order valence-corrected chi connectivity index (χ2v) is 14.0. The Morgan fingerprint density at radius 3 is 2.31 bits per heavy atom. The molecule has 0 amide bonds. The first kappa shape index (κ1) is 31.7. The van der Waals surface area contributed by atoms with E-state index in [1.807, 2.05) is 36.4 Å². The van der Waals surface area contributed by atoms with Gasteiger partial charge in [-0.2, -0.15) is 0 Å². The molecule has 2 unspecified atom stereocenters. The van der Waals surface area contributed by atoms with Gasteiger partial charge in [0.15, 0.2) is 0 Å². The third kappa shape index (κ3) is 4.72. The second-order valence-electron chi connectivity index (χ2n) is 14.0. The van der Waals surface area contributed by atoms with Crippen LogP contribution in [0.5, 0.6) is 0 Å². The summed E-state index contributed by atoms with van der Waals surface area (Å²) in [5, 5.41) is 48.6. The summed E-state index contributed by atoms with van der Waals surface area (Å²) in [6.07, 6.45) is 4.22. The van der Waals surface area contributed by atoms with E-state index >= 15 is 0 Å². The minimum Gasteiger partial charge on any atom is -0.458 e. The van der Waals surface area contributed by atoms with Crippen LogP contribution in [0.3, 0.4) is 0 Å². The molecule has 2 aromatic carbocycles. The van der Waals surface area contributed by atoms with Crippen molar-refractivity contribution in [1.29, 1.82) is 0 Å². The molecule has 4 N–H and O–H groups in total. The number of rotatable bonds is 6. The van der Waals surface area contributed by atoms with Gasteiger partial charge in [-0.15, -0.1) is 0 Å². The molecule has 4 aliphatic rings. The molecule has 8 nitrogen and oxygen atoms in total. The normalized spacial score (nSPS) is 39.6. The van der Waals surface area contributed by atoms with Gasteiger partial charge in [0.1, 0.15) is 29.0 Å². The monoisotopic (exact) mass is 616 g/mol. The van der Waals surface area contributed by atoms with E-state index in [9.17, 15) is 30.0 Å². The average molecular weight is 617 g/mol. The first-order chi connectivity index (χ1) is 21.3. The number of carbonyl (C=O) groups excluding carboxylic acids is 2. The van der Waals surface area contributed by atoms with Crippen molar-refractivity contribution in [2.24, 2.45) is 16.7 Å². The lowest BCUT2D eigenvalue weighted by Gasteiger charge is -2.67. The van der Waals surface area contributed by atoms with E-state index < -0.39 is 63.8 Å². The highest BCUT2D eigenvalue weighted by Gasteiger charge is 2.81. The maximum atomic E-state index is 13.6. The predicted octanol–water partition coefficient (Wildman–Crippen LogP) is 4.75. The van der Waals surface area contributed by atoms with Crippen molar-refractivity contribution in [2.75, 3.05) is 0 Å². The number of aliphatic hydroxyl groups is 4. The summed E-state index contributed by atoms with van der Waals surface area (Å²) in [5.41, 5.74) is -5.42. The van der Waals surface area contributed by atoms with Crippen LogP contribution in [-0.4, -0.2) is 67.5 Å². The molecule has 6 rings (SSSR count). The molecule has 3 saturated carbocycles. The zero-order valence-electron chi connectivity index (χ0n) is 26.2. The highest BCUT2D eigenvalue weighted by molar-refractivity contribution is 5.89. The van der Waals surface area contributed by atoms with E-state index in [2.05, 4.69) is 6.92 Å². The Morgan fingerprint density at radius 2 is 1.62 bits per heavy atom. The lowest BCUT2D eigenvalue weighted by atomic mass is 9.42. The zero-order valence-corrected chi connectivity index (χ0v) is 26.2. The number of esters is 2. The predicted molar refractivity (Wildman–Crippen MR) is 168 cm³/mol. The largest absolute Gasteiger partial charge is 0.458 e. The highest BCUT2D eigenvalue weighted by Crippen LogP contribution is 2.71. The van der Waals surface area contributed by atoms with Crippen molar-refractivity contribution in [3.63, 3.8) is 0 Å². The molecule has 0 heterocycles. The van der Waals surface area contributed by atoms with Gasteiger partial charge in [0.25, 0.3) is 0 Å². The molecular formula is C37H44O8. The number of ether oxygens (including phenoxy) is 2. The fourth-order valence-electron chi connectivity index (χ4n) is 9.30. The molecule has 0 bridgehead atoms. The maximum absolute atomic E-state index is 13.6. The molecule has 2 aromatic rings. The molecule has 45 heavy (non-hydrogen) atoms. The number of fused-ring (bicyclic) bond motifs is 5. The highest BCUT2D eigenvalue weighted by atomic mass is 16.6. The topological polar surface area (TPSA) is 134 Å². The maximum Gasteiger partial charge on any atom is 0.338 e. The summed E-state index contributed by atoms with van der Waals surface area (Å²) in [4.78, 5) is 26.6. The van der Waals surface area contributed by atoms with Crippen LogP contribution in [0.15, 0.2) is 78.4 Å². The number of benzene rings is 2. The average Bonchev–Trinajstić information content (AvgIpc) is 3.26. The fraction of sp³-hybridized carbons (Fsp3) is 0.514. The van der Waals surface area contributed by atoms with Crippen LogP contribution < -0.4 is 0 Å². The summed E-state index contributed by atoms with van der Waals surface area (Å²) in [6.45, 7) is 5.31. The first-order valence-electron chi connectivity index (χ1n) is 16.0. The molecular weight excluding hydrogens is 572 g/mol. The summed E-state index contributed by atoms with van der Waals surface area (Å²) in [6, 6.07) is 17.8. The van der Waals surface area contributed by atoms with E-state index in [1.54, 1.807) is 50.3 Å². The van der Waals surface area contributed by atoms with Crippen molar-refractivity contribution in [1.82, 2.24) is 0 Å². The number of aliphatic hydroxyl groups excluding tert-OH is 1. The molecule has 0 aromatic heterocycles. The van der Waals surface area contributed by atoms with E-state index in [0.717, 1.165) is 11.1 Å². The first-order valence-corrected chi connectivity index (χ1v) is 16.0. The Morgan fingerprint density at radius 1 is 0.956 bits per heavy atom. The Kier molecular flexibility index (Phi) is 7.88. The van der Waals surface area contributed by atoms with Gasteiger partial charge in [-0.1, -0.05) is 74.0 Å². The Labute approximate surface area is 264 Å². The Balaban J connectivity index is 1.39. The van der Waals surface area contributed by atoms with Crippen molar-refractivity contribution >= 4 is 18.0 Å². The molecule has 4 aliphatic carbocycles. The third-order valence-corrected chi connectivity index (χ3v) is 12.1.